The number of nitrogens with one attached hydrogen (secondary N) is 1. The Morgan fingerprint density at radius 1 is 1.62 bits per heavy atom. The Balaban J connectivity index is 2.91. The zero-order valence-electron chi connectivity index (χ0n) is 6.94. The van der Waals surface area contributed by atoms with Crippen molar-refractivity contribution in [3.05, 3.63) is 34.4 Å². The average Bonchev–Trinajstić information content (AvgIpc) is 2.48. The van der Waals surface area contributed by atoms with Gasteiger partial charge in [-0.15, -0.1) is 0 Å². The van der Waals surface area contributed by atoms with Gasteiger partial charge in [-0.3, -0.25) is 14.7 Å². The summed E-state index contributed by atoms with van der Waals surface area (Å²) in [6, 6.07) is 1.33. The number of hydrogen-bond acceptors (Lipinski definition) is 3. The third-order valence-corrected chi connectivity index (χ3v) is 1.80. The highest BCUT2D eigenvalue weighted by atomic mass is 16.1. The second kappa shape index (κ2) is 2.55. The van der Waals surface area contributed by atoms with Gasteiger partial charge in [0.25, 0.3) is 5.56 Å². The van der Waals surface area contributed by atoms with Gasteiger partial charge in [-0.05, 0) is 6.92 Å². The number of H-pyrrole nitrogens is 1. The number of aromatic amines is 1. The van der Waals surface area contributed by atoms with E-state index in [0.29, 0.717) is 11.2 Å². The monoisotopic (exact) mass is 177 g/mol. The van der Waals surface area contributed by atoms with E-state index in [9.17, 15) is 9.59 Å². The normalized spacial score (nSPS) is 10.5. The van der Waals surface area contributed by atoms with Gasteiger partial charge in [-0.1, -0.05) is 0 Å². The molecule has 5 nitrogen and oxygen atoms in total. The molecule has 0 aliphatic rings. The Bertz CT molecular complexity index is 523. The molecule has 0 radical (unpaired) electrons. The summed E-state index contributed by atoms with van der Waals surface area (Å²) in [4.78, 5) is 26.2. The first kappa shape index (κ1) is 7.72. The summed E-state index contributed by atoms with van der Waals surface area (Å²) in [5.74, 6) is -0.114. The predicted octanol–water partition coefficient (Wildman–Crippen LogP) is 0.225. The van der Waals surface area contributed by atoms with Crippen LogP contribution < -0.4 is 5.56 Å². The van der Waals surface area contributed by atoms with Gasteiger partial charge in [0.2, 0.25) is 0 Å². The summed E-state index contributed by atoms with van der Waals surface area (Å²) in [6.07, 6.45) is 2.87. The highest BCUT2D eigenvalue weighted by molar-refractivity contribution is 5.99. The quantitative estimate of drug-likeness (QED) is 0.634. The Hall–Kier alpha value is -1.91. The van der Waals surface area contributed by atoms with Crippen LogP contribution >= 0.6 is 0 Å². The van der Waals surface area contributed by atoms with Crippen LogP contribution in [0.15, 0.2) is 23.3 Å². The lowest BCUT2D eigenvalue weighted by Gasteiger charge is -1.90. The molecule has 66 valence electrons. The SMILES string of the molecule is CC(=O)c1c[nH]n2c(=O)ccnc12. The van der Waals surface area contributed by atoms with Gasteiger partial charge >= 0.3 is 0 Å². The molecule has 2 aromatic heterocycles. The fraction of sp³-hybridized carbons (Fsp3) is 0.125. The molecule has 0 amide bonds. The molecular formula is C8H7N3O2. The minimum Gasteiger partial charge on any atom is -0.296 e. The number of carbonyl (C=O) groups is 1. The molecule has 0 aliphatic carbocycles. The van der Waals surface area contributed by atoms with Crippen molar-refractivity contribution in [2.45, 2.75) is 6.92 Å². The molecule has 0 unspecified atom stereocenters. The van der Waals surface area contributed by atoms with Crippen LogP contribution in [-0.2, 0) is 0 Å². The van der Waals surface area contributed by atoms with Gasteiger partial charge in [-0.25, -0.2) is 9.50 Å². The fourth-order valence-electron chi connectivity index (χ4n) is 1.18. The number of aromatic nitrogens is 3. The molecule has 0 aliphatic heterocycles. The first-order valence-electron chi connectivity index (χ1n) is 3.76. The van der Waals surface area contributed by atoms with E-state index in [1.165, 1.54) is 29.9 Å². The topological polar surface area (TPSA) is 67.2 Å². The molecule has 2 aromatic rings. The van der Waals surface area contributed by atoms with Gasteiger partial charge in [0.05, 0.1) is 5.56 Å². The molecule has 0 saturated carbocycles. The molecule has 2 heterocycles. The Morgan fingerprint density at radius 3 is 3.08 bits per heavy atom. The van der Waals surface area contributed by atoms with Crippen molar-refractivity contribution in [3.63, 3.8) is 0 Å². The van der Waals surface area contributed by atoms with Gasteiger partial charge in [0.1, 0.15) is 0 Å². The molecule has 13 heavy (non-hydrogen) atoms. The minimum atomic E-state index is -0.225. The zero-order valence-corrected chi connectivity index (χ0v) is 6.94. The number of carbonyl (C=O) groups excluding carboxylic acids is 1. The fourth-order valence-corrected chi connectivity index (χ4v) is 1.18. The Labute approximate surface area is 73.0 Å². The lowest BCUT2D eigenvalue weighted by atomic mass is 10.2. The van der Waals surface area contributed by atoms with Crippen LogP contribution in [0.3, 0.4) is 0 Å². The smallest absolute Gasteiger partial charge is 0.272 e. The van der Waals surface area contributed by atoms with Crippen molar-refractivity contribution in [2.75, 3.05) is 0 Å². The summed E-state index contributed by atoms with van der Waals surface area (Å²) in [6.45, 7) is 1.43. The van der Waals surface area contributed by atoms with Crippen molar-refractivity contribution in [1.29, 1.82) is 0 Å². The number of rotatable bonds is 1. The maximum atomic E-state index is 11.2. The van der Waals surface area contributed by atoms with Crippen LogP contribution in [0.5, 0.6) is 0 Å². The standard InChI is InChI=1S/C8H7N3O2/c1-5(12)6-4-10-11-7(13)2-3-9-8(6)11/h2-4,10H,1H3. The van der Waals surface area contributed by atoms with Gasteiger partial charge in [0, 0.05) is 18.5 Å². The number of hydrogen-bond donors (Lipinski definition) is 1. The molecule has 1 N–H and O–H groups in total. The number of fused-ring (bicyclic) bond motifs is 1. The van der Waals surface area contributed by atoms with E-state index in [1.54, 1.807) is 0 Å². The van der Waals surface area contributed by atoms with Gasteiger partial charge in [-0.2, -0.15) is 0 Å². The Kier molecular flexibility index (Phi) is 1.51. The number of ketones is 1. The summed E-state index contributed by atoms with van der Waals surface area (Å²) in [7, 11) is 0. The van der Waals surface area contributed by atoms with E-state index < -0.39 is 0 Å². The third-order valence-electron chi connectivity index (χ3n) is 1.80. The number of nitrogens with zero attached hydrogens (tertiary/aromatic N) is 2. The maximum absolute atomic E-state index is 11.2. The minimum absolute atomic E-state index is 0.114. The third kappa shape index (κ3) is 1.05. The molecule has 5 heteroatoms. The van der Waals surface area contributed by atoms with E-state index in [2.05, 4.69) is 10.1 Å². The summed E-state index contributed by atoms with van der Waals surface area (Å²) in [5, 5.41) is 2.66. The maximum Gasteiger partial charge on any atom is 0.272 e. The first-order chi connectivity index (χ1) is 6.20. The van der Waals surface area contributed by atoms with Crippen LogP contribution in [0, 0.1) is 0 Å². The predicted molar refractivity (Wildman–Crippen MR) is 45.8 cm³/mol. The molecule has 2 rings (SSSR count). The largest absolute Gasteiger partial charge is 0.296 e. The number of Topliss-reactive ketones (excluding diaryl/α,β-unsaturated/α-hetero) is 1. The first-order valence-corrected chi connectivity index (χ1v) is 3.76. The second-order valence-electron chi connectivity index (χ2n) is 2.69. The van der Waals surface area contributed by atoms with Gasteiger partial charge in [0.15, 0.2) is 11.4 Å². The van der Waals surface area contributed by atoms with E-state index in [-0.39, 0.29) is 11.3 Å². The molecule has 0 spiro atoms. The highest BCUT2D eigenvalue weighted by Crippen LogP contribution is 2.04. The van der Waals surface area contributed by atoms with Crippen molar-refractivity contribution >= 4 is 11.4 Å². The molecule has 0 saturated heterocycles. The summed E-state index contributed by atoms with van der Waals surface area (Å²) in [5.41, 5.74) is 0.579. The Morgan fingerprint density at radius 2 is 2.38 bits per heavy atom. The van der Waals surface area contributed by atoms with E-state index in [4.69, 9.17) is 0 Å². The molecule has 0 bridgehead atoms. The molecule has 0 atom stereocenters. The van der Waals surface area contributed by atoms with E-state index in [1.807, 2.05) is 0 Å². The van der Waals surface area contributed by atoms with Crippen LogP contribution in [0.1, 0.15) is 17.3 Å². The lowest BCUT2D eigenvalue weighted by Crippen LogP contribution is -2.12. The van der Waals surface area contributed by atoms with Crippen LogP contribution in [0.4, 0.5) is 0 Å². The summed E-state index contributed by atoms with van der Waals surface area (Å²) < 4.78 is 1.23. The second-order valence-corrected chi connectivity index (χ2v) is 2.69. The van der Waals surface area contributed by atoms with E-state index >= 15 is 0 Å². The van der Waals surface area contributed by atoms with Crippen LogP contribution in [0.25, 0.3) is 5.65 Å². The average molecular weight is 177 g/mol. The molecule has 0 aromatic carbocycles. The van der Waals surface area contributed by atoms with Crippen LogP contribution in [-0.4, -0.2) is 20.4 Å². The molecular weight excluding hydrogens is 170 g/mol. The van der Waals surface area contributed by atoms with Gasteiger partial charge < -0.3 is 0 Å². The van der Waals surface area contributed by atoms with Crippen molar-refractivity contribution in [2.24, 2.45) is 0 Å². The van der Waals surface area contributed by atoms with Crippen LogP contribution in [0.2, 0.25) is 0 Å². The van der Waals surface area contributed by atoms with Crippen molar-refractivity contribution in [1.82, 2.24) is 14.6 Å². The summed E-state index contributed by atoms with van der Waals surface area (Å²) >= 11 is 0. The van der Waals surface area contributed by atoms with Crippen molar-refractivity contribution < 1.29 is 4.79 Å². The molecule has 0 fully saturated rings. The highest BCUT2D eigenvalue weighted by Gasteiger charge is 2.08. The van der Waals surface area contributed by atoms with E-state index in [0.717, 1.165) is 0 Å². The van der Waals surface area contributed by atoms with Crippen molar-refractivity contribution in [3.8, 4) is 0 Å². The zero-order chi connectivity index (χ0) is 9.42. The lowest BCUT2D eigenvalue weighted by molar-refractivity contribution is 0.101.